The Morgan fingerprint density at radius 2 is 1.77 bits per heavy atom. The molecule has 0 fully saturated rings. The highest BCUT2D eigenvalue weighted by Crippen LogP contribution is 1.99. The number of ketones is 1. The molecule has 13 heavy (non-hydrogen) atoms. The zero-order valence-electron chi connectivity index (χ0n) is 8.63. The molecule has 0 saturated heterocycles. The Morgan fingerprint density at radius 1 is 1.31 bits per heavy atom. The molecule has 0 unspecified atom stereocenters. The molecule has 0 saturated carbocycles. The Morgan fingerprint density at radius 3 is 2.08 bits per heavy atom. The average molecular weight is 202 g/mol. The smallest absolute Gasteiger partial charge is 0.157 e. The maximum absolute atomic E-state index is 11.4. The summed E-state index contributed by atoms with van der Waals surface area (Å²) in [6, 6.07) is -0.434. The van der Waals surface area contributed by atoms with E-state index in [4.69, 9.17) is 18.0 Å². The van der Waals surface area contributed by atoms with Crippen molar-refractivity contribution in [2.24, 2.45) is 11.7 Å². The van der Waals surface area contributed by atoms with Crippen molar-refractivity contribution in [3.05, 3.63) is 0 Å². The van der Waals surface area contributed by atoms with E-state index in [1.54, 1.807) is 13.8 Å². The van der Waals surface area contributed by atoms with E-state index in [0.717, 1.165) is 0 Å². The summed E-state index contributed by atoms with van der Waals surface area (Å²) in [5.74, 6) is 0.182. The summed E-state index contributed by atoms with van der Waals surface area (Å²) in [7, 11) is 0. The van der Waals surface area contributed by atoms with E-state index in [-0.39, 0.29) is 23.8 Å². The van der Waals surface area contributed by atoms with Crippen molar-refractivity contribution in [3.63, 3.8) is 0 Å². The molecule has 76 valence electrons. The molecule has 0 heterocycles. The van der Waals surface area contributed by atoms with Crippen molar-refractivity contribution >= 4 is 23.0 Å². The molecule has 0 aromatic rings. The van der Waals surface area contributed by atoms with Crippen LogP contribution in [-0.4, -0.2) is 22.9 Å². The first-order valence-electron chi connectivity index (χ1n) is 4.46. The van der Waals surface area contributed by atoms with Crippen LogP contribution in [0.15, 0.2) is 0 Å². The summed E-state index contributed by atoms with van der Waals surface area (Å²) < 4.78 is 0. The second-order valence-electron chi connectivity index (χ2n) is 3.58. The number of nitrogens with two attached hydrogens (primary N) is 1. The minimum atomic E-state index is -0.238. The van der Waals surface area contributed by atoms with E-state index in [9.17, 15) is 4.79 Å². The molecule has 0 rings (SSSR count). The monoisotopic (exact) mass is 202 g/mol. The summed E-state index contributed by atoms with van der Waals surface area (Å²) in [5.41, 5.74) is 5.55. The van der Waals surface area contributed by atoms with Crippen molar-refractivity contribution in [2.45, 2.75) is 39.8 Å². The lowest BCUT2D eigenvalue weighted by atomic mass is 10.0. The zero-order valence-corrected chi connectivity index (χ0v) is 9.44. The lowest BCUT2D eigenvalue weighted by molar-refractivity contribution is -0.123. The van der Waals surface area contributed by atoms with E-state index in [1.807, 2.05) is 13.8 Å². The number of carbonyl (C=O) groups is 1. The Labute approximate surface area is 85.1 Å². The van der Waals surface area contributed by atoms with Crippen molar-refractivity contribution < 1.29 is 4.79 Å². The lowest BCUT2D eigenvalue weighted by Gasteiger charge is -2.18. The molecule has 0 amide bonds. The van der Waals surface area contributed by atoms with Crippen LogP contribution in [0.3, 0.4) is 0 Å². The van der Waals surface area contributed by atoms with Gasteiger partial charge in [-0.3, -0.25) is 4.79 Å². The predicted molar refractivity (Wildman–Crippen MR) is 58.7 cm³/mol. The molecule has 0 aromatic heterocycles. The summed E-state index contributed by atoms with van der Waals surface area (Å²) in [6.45, 7) is 7.34. The van der Waals surface area contributed by atoms with Gasteiger partial charge in [0, 0.05) is 5.92 Å². The lowest BCUT2D eigenvalue weighted by Crippen LogP contribution is -2.45. The first-order valence-corrected chi connectivity index (χ1v) is 4.86. The van der Waals surface area contributed by atoms with Crippen molar-refractivity contribution in [3.8, 4) is 0 Å². The molecule has 0 aliphatic carbocycles. The van der Waals surface area contributed by atoms with E-state index in [2.05, 4.69) is 5.32 Å². The SMILES string of the molecule is CC(C)C(=O)[C@H](C)NC(=S)[C@H](C)N. The Hall–Kier alpha value is -0.480. The van der Waals surface area contributed by atoms with Gasteiger partial charge in [-0.1, -0.05) is 26.1 Å². The number of nitrogens with one attached hydrogen (secondary N) is 1. The van der Waals surface area contributed by atoms with Crippen LogP contribution < -0.4 is 11.1 Å². The van der Waals surface area contributed by atoms with Gasteiger partial charge in [-0.2, -0.15) is 0 Å². The van der Waals surface area contributed by atoms with E-state index in [0.29, 0.717) is 4.99 Å². The number of rotatable bonds is 4. The molecule has 2 atom stereocenters. The standard InChI is InChI=1S/C9H18N2OS/c1-5(2)8(12)7(4)11-9(13)6(3)10/h5-7H,10H2,1-4H3,(H,11,13)/t6-,7-/m0/s1. The van der Waals surface area contributed by atoms with Crippen LogP contribution in [0.2, 0.25) is 0 Å². The average Bonchev–Trinajstić information content (AvgIpc) is 2.02. The first-order chi connectivity index (χ1) is 5.86. The number of thiocarbonyl (C=S) groups is 1. The third kappa shape index (κ3) is 4.33. The van der Waals surface area contributed by atoms with Crippen LogP contribution in [0, 0.1) is 5.92 Å². The number of carbonyl (C=O) groups excluding carboxylic acids is 1. The quantitative estimate of drug-likeness (QED) is 0.664. The van der Waals surface area contributed by atoms with Crippen LogP contribution >= 0.6 is 12.2 Å². The Kier molecular flexibility index (Phi) is 5.10. The summed E-state index contributed by atoms with van der Waals surface area (Å²) in [6.07, 6.45) is 0. The van der Waals surface area contributed by atoms with Gasteiger partial charge in [0.1, 0.15) is 0 Å². The van der Waals surface area contributed by atoms with Gasteiger partial charge >= 0.3 is 0 Å². The third-order valence-corrected chi connectivity index (χ3v) is 2.26. The largest absolute Gasteiger partial charge is 0.369 e. The minimum Gasteiger partial charge on any atom is -0.369 e. The van der Waals surface area contributed by atoms with Crippen LogP contribution in [0.25, 0.3) is 0 Å². The summed E-state index contributed by atoms with van der Waals surface area (Å²) in [5, 5.41) is 2.92. The van der Waals surface area contributed by atoms with E-state index in [1.165, 1.54) is 0 Å². The maximum atomic E-state index is 11.4. The molecule has 3 N–H and O–H groups in total. The molecular formula is C9H18N2OS. The van der Waals surface area contributed by atoms with Gasteiger partial charge in [0.2, 0.25) is 0 Å². The third-order valence-electron chi connectivity index (χ3n) is 1.77. The summed E-state index contributed by atoms with van der Waals surface area (Å²) >= 11 is 4.97. The highest BCUT2D eigenvalue weighted by Gasteiger charge is 2.17. The normalized spacial score (nSPS) is 15.2. The fourth-order valence-electron chi connectivity index (χ4n) is 0.916. The molecule has 0 spiro atoms. The fraction of sp³-hybridized carbons (Fsp3) is 0.778. The van der Waals surface area contributed by atoms with Gasteiger partial charge in [-0.25, -0.2) is 0 Å². The molecule has 3 nitrogen and oxygen atoms in total. The second kappa shape index (κ2) is 5.29. The molecule has 0 aromatic carbocycles. The molecule has 4 heteroatoms. The summed E-state index contributed by atoms with van der Waals surface area (Å²) in [4.78, 5) is 12.0. The second-order valence-corrected chi connectivity index (χ2v) is 4.02. The fourth-order valence-corrected chi connectivity index (χ4v) is 1.09. The predicted octanol–water partition coefficient (Wildman–Crippen LogP) is 0.864. The molecule has 0 aliphatic heterocycles. The van der Waals surface area contributed by atoms with Crippen molar-refractivity contribution in [1.82, 2.24) is 5.32 Å². The van der Waals surface area contributed by atoms with Crippen LogP contribution in [0.5, 0.6) is 0 Å². The Balaban J connectivity index is 4.08. The molecule has 0 radical (unpaired) electrons. The van der Waals surface area contributed by atoms with Gasteiger partial charge in [-0.05, 0) is 13.8 Å². The van der Waals surface area contributed by atoms with Crippen LogP contribution in [0.4, 0.5) is 0 Å². The van der Waals surface area contributed by atoms with Gasteiger partial charge in [0.05, 0.1) is 17.1 Å². The minimum absolute atomic E-state index is 0.0263. The van der Waals surface area contributed by atoms with Crippen LogP contribution in [-0.2, 0) is 4.79 Å². The zero-order chi connectivity index (χ0) is 10.6. The van der Waals surface area contributed by atoms with Crippen LogP contribution in [0.1, 0.15) is 27.7 Å². The number of Topliss-reactive ketones (excluding diaryl/α,β-unsaturated/α-hetero) is 1. The number of hydrogen-bond acceptors (Lipinski definition) is 3. The van der Waals surface area contributed by atoms with Gasteiger partial charge in [0.25, 0.3) is 0 Å². The molecular weight excluding hydrogens is 184 g/mol. The first kappa shape index (κ1) is 12.5. The van der Waals surface area contributed by atoms with Gasteiger partial charge in [0.15, 0.2) is 5.78 Å². The number of hydrogen-bond donors (Lipinski definition) is 2. The van der Waals surface area contributed by atoms with Gasteiger partial charge < -0.3 is 11.1 Å². The van der Waals surface area contributed by atoms with E-state index < -0.39 is 0 Å². The molecule has 0 bridgehead atoms. The highest BCUT2D eigenvalue weighted by molar-refractivity contribution is 7.80. The highest BCUT2D eigenvalue weighted by atomic mass is 32.1. The topological polar surface area (TPSA) is 55.1 Å². The van der Waals surface area contributed by atoms with Crippen molar-refractivity contribution in [1.29, 1.82) is 0 Å². The van der Waals surface area contributed by atoms with E-state index >= 15 is 0 Å². The molecule has 0 aliphatic rings. The van der Waals surface area contributed by atoms with Crippen molar-refractivity contribution in [2.75, 3.05) is 0 Å². The maximum Gasteiger partial charge on any atom is 0.157 e. The van der Waals surface area contributed by atoms with Gasteiger partial charge in [-0.15, -0.1) is 0 Å². The Bertz CT molecular complexity index is 202.